The zero-order valence-corrected chi connectivity index (χ0v) is 14.3. The summed E-state index contributed by atoms with van der Waals surface area (Å²) in [5, 5.41) is -0.125. The van der Waals surface area contributed by atoms with Crippen molar-refractivity contribution in [3.8, 4) is 0 Å². The summed E-state index contributed by atoms with van der Waals surface area (Å²) in [6, 6.07) is 14.6. The van der Waals surface area contributed by atoms with E-state index >= 15 is 0 Å². The number of hydrogen-bond acceptors (Lipinski definition) is 1. The first-order chi connectivity index (χ1) is 10.1. The van der Waals surface area contributed by atoms with Gasteiger partial charge < -0.3 is 4.57 Å². The highest BCUT2D eigenvalue weighted by atomic mass is 79.9. The lowest BCUT2D eigenvalue weighted by atomic mass is 10.1. The van der Waals surface area contributed by atoms with E-state index in [2.05, 4.69) is 57.8 Å². The number of rotatable bonds is 3. The molecule has 1 aromatic heterocycles. The maximum Gasteiger partial charge on any atom is 0.128 e. The van der Waals surface area contributed by atoms with E-state index < -0.39 is 0 Å². The van der Waals surface area contributed by atoms with Crippen LogP contribution in [0.25, 0.3) is 11.0 Å². The number of nitrogens with zero attached hydrogens (tertiary/aromatic N) is 2. The fourth-order valence-electron chi connectivity index (χ4n) is 2.55. The lowest BCUT2D eigenvalue weighted by Gasteiger charge is -2.12. The summed E-state index contributed by atoms with van der Waals surface area (Å²) < 4.78 is 3.24. The van der Waals surface area contributed by atoms with E-state index in [1.54, 1.807) is 0 Å². The van der Waals surface area contributed by atoms with Crippen LogP contribution in [0.15, 0.2) is 46.9 Å². The molecular weight excluding hydrogens is 348 g/mol. The van der Waals surface area contributed by atoms with Gasteiger partial charge in [-0.2, -0.15) is 0 Å². The molecule has 1 unspecified atom stereocenters. The van der Waals surface area contributed by atoms with Gasteiger partial charge in [0.1, 0.15) is 5.82 Å². The summed E-state index contributed by atoms with van der Waals surface area (Å²) in [6.07, 6.45) is 0. The Morgan fingerprint density at radius 1 is 1.24 bits per heavy atom. The highest BCUT2D eigenvalue weighted by molar-refractivity contribution is 9.10. The molecule has 0 radical (unpaired) electrons. The number of hydrogen-bond donors (Lipinski definition) is 0. The van der Waals surface area contributed by atoms with E-state index in [0.29, 0.717) is 0 Å². The quantitative estimate of drug-likeness (QED) is 0.565. The van der Waals surface area contributed by atoms with Gasteiger partial charge in [0.2, 0.25) is 0 Å². The second-order valence-corrected chi connectivity index (χ2v) is 6.80. The van der Waals surface area contributed by atoms with Gasteiger partial charge in [-0.05, 0) is 43.2 Å². The molecule has 1 heterocycles. The minimum Gasteiger partial charge on any atom is -0.322 e. The van der Waals surface area contributed by atoms with Crippen LogP contribution in [0.4, 0.5) is 0 Å². The fraction of sp³-hybridized carbons (Fsp3) is 0.235. The third-order valence-corrected chi connectivity index (χ3v) is 4.37. The third-order valence-electron chi connectivity index (χ3n) is 3.69. The minimum absolute atomic E-state index is 0.125. The molecular formula is C17H16BrClN2. The van der Waals surface area contributed by atoms with Gasteiger partial charge in [-0.1, -0.05) is 40.2 Å². The Labute approximate surface area is 137 Å². The molecule has 0 aliphatic carbocycles. The van der Waals surface area contributed by atoms with Crippen molar-refractivity contribution in [2.45, 2.75) is 25.8 Å². The summed E-state index contributed by atoms with van der Waals surface area (Å²) in [4.78, 5) is 4.70. The maximum atomic E-state index is 6.33. The first-order valence-corrected chi connectivity index (χ1v) is 8.13. The molecule has 3 rings (SSSR count). The summed E-state index contributed by atoms with van der Waals surface area (Å²) >= 11 is 9.83. The average molecular weight is 364 g/mol. The highest BCUT2D eigenvalue weighted by Crippen LogP contribution is 2.27. The maximum absolute atomic E-state index is 6.33. The van der Waals surface area contributed by atoms with Gasteiger partial charge in [0.25, 0.3) is 0 Å². The second-order valence-electron chi connectivity index (χ2n) is 5.23. The van der Waals surface area contributed by atoms with E-state index in [-0.39, 0.29) is 5.38 Å². The monoisotopic (exact) mass is 362 g/mol. The number of alkyl halides is 1. The molecule has 0 saturated heterocycles. The van der Waals surface area contributed by atoms with Gasteiger partial charge in [0, 0.05) is 11.0 Å². The largest absolute Gasteiger partial charge is 0.322 e. The van der Waals surface area contributed by atoms with Crippen molar-refractivity contribution >= 4 is 38.6 Å². The zero-order valence-electron chi connectivity index (χ0n) is 12.0. The van der Waals surface area contributed by atoms with Crippen molar-refractivity contribution in [2.75, 3.05) is 0 Å². The topological polar surface area (TPSA) is 17.8 Å². The first-order valence-electron chi connectivity index (χ1n) is 6.90. The Bertz CT molecular complexity index is 793. The van der Waals surface area contributed by atoms with Crippen molar-refractivity contribution in [1.82, 2.24) is 9.55 Å². The van der Waals surface area contributed by atoms with Crippen LogP contribution in [0.1, 0.15) is 29.3 Å². The molecule has 0 fully saturated rings. The Hall–Kier alpha value is -1.32. The lowest BCUT2D eigenvalue weighted by molar-refractivity contribution is 0.739. The molecule has 0 saturated carbocycles. The van der Waals surface area contributed by atoms with Crippen molar-refractivity contribution in [1.29, 1.82) is 0 Å². The molecule has 1 atom stereocenters. The van der Waals surface area contributed by atoms with Crippen LogP contribution < -0.4 is 0 Å². The number of imidazole rings is 1. The highest BCUT2D eigenvalue weighted by Gasteiger charge is 2.15. The summed E-state index contributed by atoms with van der Waals surface area (Å²) in [5.41, 5.74) is 4.66. The predicted octanol–water partition coefficient (Wildman–Crippen LogP) is 5.46. The van der Waals surface area contributed by atoms with Crippen molar-refractivity contribution in [2.24, 2.45) is 0 Å². The molecule has 3 aromatic rings. The van der Waals surface area contributed by atoms with Gasteiger partial charge >= 0.3 is 0 Å². The van der Waals surface area contributed by atoms with E-state index in [0.717, 1.165) is 27.9 Å². The molecule has 0 aliphatic heterocycles. The molecule has 0 spiro atoms. The summed E-state index contributed by atoms with van der Waals surface area (Å²) in [5.74, 6) is 0.910. The molecule has 21 heavy (non-hydrogen) atoms. The molecule has 2 aromatic carbocycles. The van der Waals surface area contributed by atoms with E-state index in [1.807, 2.05) is 19.1 Å². The standard InChI is InChI=1S/C17H16BrClN2/c1-11-5-3-4-6-13(11)10-21-16-8-7-14(18)9-15(16)20-17(21)12(2)19/h3-9,12H,10H2,1-2H3. The Morgan fingerprint density at radius 2 is 2.00 bits per heavy atom. The minimum atomic E-state index is -0.125. The van der Waals surface area contributed by atoms with Crippen LogP contribution in [0.5, 0.6) is 0 Å². The molecule has 0 aliphatic rings. The van der Waals surface area contributed by atoms with Crippen LogP contribution in [-0.2, 0) is 6.54 Å². The Kier molecular flexibility index (Phi) is 4.05. The van der Waals surface area contributed by atoms with Crippen LogP contribution in [-0.4, -0.2) is 9.55 Å². The predicted molar refractivity (Wildman–Crippen MR) is 92.0 cm³/mol. The molecule has 0 bridgehead atoms. The van der Waals surface area contributed by atoms with Gasteiger partial charge in [-0.3, -0.25) is 0 Å². The van der Waals surface area contributed by atoms with Gasteiger partial charge in [-0.15, -0.1) is 11.6 Å². The smallest absolute Gasteiger partial charge is 0.128 e. The van der Waals surface area contributed by atoms with Gasteiger partial charge in [-0.25, -0.2) is 4.98 Å². The normalized spacial score (nSPS) is 12.8. The lowest BCUT2D eigenvalue weighted by Crippen LogP contribution is -2.06. The number of aryl methyl sites for hydroxylation is 1. The van der Waals surface area contributed by atoms with E-state index in [4.69, 9.17) is 16.6 Å². The Balaban J connectivity index is 2.16. The molecule has 2 nitrogen and oxygen atoms in total. The number of fused-ring (bicyclic) bond motifs is 1. The molecule has 108 valence electrons. The zero-order chi connectivity index (χ0) is 15.0. The first kappa shape index (κ1) is 14.6. The Morgan fingerprint density at radius 3 is 2.71 bits per heavy atom. The summed E-state index contributed by atoms with van der Waals surface area (Å²) in [7, 11) is 0. The van der Waals surface area contributed by atoms with Crippen molar-refractivity contribution < 1.29 is 0 Å². The SMILES string of the molecule is Cc1ccccc1Cn1c(C(C)Cl)nc2cc(Br)ccc21. The van der Waals surface area contributed by atoms with Crippen LogP contribution in [0, 0.1) is 6.92 Å². The van der Waals surface area contributed by atoms with E-state index in [1.165, 1.54) is 11.1 Å². The van der Waals surface area contributed by atoms with Gasteiger partial charge in [0.05, 0.1) is 16.4 Å². The van der Waals surface area contributed by atoms with Crippen molar-refractivity contribution in [3.63, 3.8) is 0 Å². The third kappa shape index (κ3) is 2.85. The van der Waals surface area contributed by atoms with Crippen LogP contribution >= 0.6 is 27.5 Å². The molecule has 4 heteroatoms. The molecule has 0 N–H and O–H groups in total. The van der Waals surface area contributed by atoms with Crippen LogP contribution in [0.3, 0.4) is 0 Å². The van der Waals surface area contributed by atoms with Crippen LogP contribution in [0.2, 0.25) is 0 Å². The van der Waals surface area contributed by atoms with E-state index in [9.17, 15) is 0 Å². The number of halogens is 2. The fourth-order valence-corrected chi connectivity index (χ4v) is 3.06. The average Bonchev–Trinajstić information content (AvgIpc) is 2.79. The van der Waals surface area contributed by atoms with Crippen molar-refractivity contribution in [3.05, 3.63) is 63.9 Å². The van der Waals surface area contributed by atoms with Gasteiger partial charge in [0.15, 0.2) is 0 Å². The number of benzene rings is 2. The summed E-state index contributed by atoms with van der Waals surface area (Å²) in [6.45, 7) is 4.89. The molecule has 0 amide bonds. The number of aromatic nitrogens is 2. The second kappa shape index (κ2) is 5.82.